The Bertz CT molecular complexity index is 568. The molecule has 1 heterocycles. The van der Waals surface area contributed by atoms with Gasteiger partial charge >= 0.3 is 13.3 Å². The lowest BCUT2D eigenvalue weighted by Crippen LogP contribution is -2.29. The van der Waals surface area contributed by atoms with E-state index in [0.29, 0.717) is 11.1 Å². The second-order valence-corrected chi connectivity index (χ2v) is 4.18. The topological polar surface area (TPSA) is 66.5 Å². The largest absolute Gasteiger partial charge is 0.488 e. The minimum absolute atomic E-state index is 0.0885. The Balaban J connectivity index is 2.09. The molecule has 0 saturated carbocycles. The summed E-state index contributed by atoms with van der Waals surface area (Å²) >= 11 is 0. The van der Waals surface area contributed by atoms with Crippen LogP contribution in [0.1, 0.15) is 18.7 Å². The molecule has 0 aliphatic rings. The summed E-state index contributed by atoms with van der Waals surface area (Å²) in [5.41, 5.74) is 1.05. The van der Waals surface area contributed by atoms with E-state index in [1.165, 1.54) is 18.2 Å². The fourth-order valence-electron chi connectivity index (χ4n) is 1.70. The van der Waals surface area contributed by atoms with Crippen LogP contribution in [0.15, 0.2) is 22.6 Å². The predicted molar refractivity (Wildman–Crippen MR) is 62.8 cm³/mol. The van der Waals surface area contributed by atoms with Crippen molar-refractivity contribution in [3.8, 4) is 0 Å². The Hall–Kier alpha value is -1.54. The van der Waals surface area contributed by atoms with E-state index in [0.717, 1.165) is 0 Å². The molecule has 0 spiro atoms. The van der Waals surface area contributed by atoms with Crippen molar-refractivity contribution in [2.45, 2.75) is 25.4 Å². The Labute approximate surface area is 107 Å². The van der Waals surface area contributed by atoms with Crippen LogP contribution in [-0.4, -0.2) is 28.3 Å². The molecule has 0 bridgehead atoms. The van der Waals surface area contributed by atoms with Gasteiger partial charge in [0.25, 0.3) is 0 Å². The number of rotatable bonds is 4. The van der Waals surface area contributed by atoms with Crippen molar-refractivity contribution >= 4 is 23.7 Å². The molecule has 8 heteroatoms. The third-order valence-electron chi connectivity index (χ3n) is 2.61. The summed E-state index contributed by atoms with van der Waals surface area (Å²) in [5.74, 6) is 0.212. The zero-order valence-electron chi connectivity index (χ0n) is 9.81. The number of aryl methyl sites for hydroxylation is 1. The molecule has 2 rings (SSSR count). The molecule has 0 aliphatic carbocycles. The first-order chi connectivity index (χ1) is 8.85. The highest BCUT2D eigenvalue weighted by Crippen LogP contribution is 2.23. The third-order valence-corrected chi connectivity index (χ3v) is 2.61. The summed E-state index contributed by atoms with van der Waals surface area (Å²) < 4.78 is 41.3. The molecule has 0 radical (unpaired) electrons. The lowest BCUT2D eigenvalue weighted by molar-refractivity contribution is -0.135. The van der Waals surface area contributed by atoms with Crippen LogP contribution in [0.4, 0.5) is 13.2 Å². The highest BCUT2D eigenvalue weighted by Gasteiger charge is 2.26. The van der Waals surface area contributed by atoms with Crippen LogP contribution in [0.2, 0.25) is 0 Å². The summed E-state index contributed by atoms with van der Waals surface area (Å²) in [4.78, 5) is 4.04. The molecule has 102 valence electrons. The zero-order chi connectivity index (χ0) is 14.0. The summed E-state index contributed by atoms with van der Waals surface area (Å²) in [6, 6.07) is 4.40. The van der Waals surface area contributed by atoms with E-state index in [1.54, 1.807) is 0 Å². The van der Waals surface area contributed by atoms with E-state index < -0.39 is 19.7 Å². The van der Waals surface area contributed by atoms with Gasteiger partial charge in [0.2, 0.25) is 0 Å². The molecule has 2 aromatic rings. The maximum atomic E-state index is 12.0. The number of benzene rings is 1. The van der Waals surface area contributed by atoms with Crippen molar-refractivity contribution < 1.29 is 27.6 Å². The number of halogens is 3. The van der Waals surface area contributed by atoms with Gasteiger partial charge in [-0.05, 0) is 24.0 Å². The lowest BCUT2D eigenvalue weighted by Gasteiger charge is -2.03. The van der Waals surface area contributed by atoms with Crippen molar-refractivity contribution in [3.05, 3.63) is 24.1 Å². The van der Waals surface area contributed by atoms with Crippen LogP contribution in [0.25, 0.3) is 11.1 Å². The number of hydrogen-bond donors (Lipinski definition) is 2. The number of fused-ring (bicyclic) bond motifs is 1. The van der Waals surface area contributed by atoms with Gasteiger partial charge in [0.1, 0.15) is 5.52 Å². The quantitative estimate of drug-likeness (QED) is 0.826. The minimum Gasteiger partial charge on any atom is -0.441 e. The summed E-state index contributed by atoms with van der Waals surface area (Å²) in [6.07, 6.45) is -5.07. The fraction of sp³-hybridized carbons (Fsp3) is 0.364. The second kappa shape index (κ2) is 5.22. The number of nitrogens with zero attached hydrogens (tertiary/aromatic N) is 1. The molecule has 0 aliphatic heterocycles. The smallest absolute Gasteiger partial charge is 0.441 e. The Morgan fingerprint density at radius 3 is 2.63 bits per heavy atom. The lowest BCUT2D eigenvalue weighted by atomic mass is 9.80. The SMILES string of the molecule is OB(O)c1ccc2nc(CCCC(F)(F)F)oc2c1. The molecule has 4 nitrogen and oxygen atoms in total. The highest BCUT2D eigenvalue weighted by atomic mass is 19.4. The third kappa shape index (κ3) is 3.71. The number of oxazole rings is 1. The molecule has 0 unspecified atom stereocenters. The van der Waals surface area contributed by atoms with Crippen LogP contribution in [0, 0.1) is 0 Å². The van der Waals surface area contributed by atoms with Crippen molar-refractivity contribution in [3.63, 3.8) is 0 Å². The molecule has 0 fully saturated rings. The summed E-state index contributed by atoms with van der Waals surface area (Å²) in [6.45, 7) is 0. The summed E-state index contributed by atoms with van der Waals surface area (Å²) in [5, 5.41) is 18.0. The van der Waals surface area contributed by atoms with Gasteiger partial charge in [0.05, 0.1) is 0 Å². The molecule has 1 aromatic heterocycles. The van der Waals surface area contributed by atoms with Crippen molar-refractivity contribution in [1.29, 1.82) is 0 Å². The van der Waals surface area contributed by atoms with E-state index in [9.17, 15) is 13.2 Å². The van der Waals surface area contributed by atoms with Crippen LogP contribution >= 0.6 is 0 Å². The number of alkyl halides is 3. The highest BCUT2D eigenvalue weighted by molar-refractivity contribution is 6.58. The van der Waals surface area contributed by atoms with Gasteiger partial charge in [0, 0.05) is 12.8 Å². The maximum absolute atomic E-state index is 12.0. The maximum Gasteiger partial charge on any atom is 0.488 e. The normalized spacial score (nSPS) is 12.1. The first kappa shape index (κ1) is 13.9. The monoisotopic (exact) mass is 273 g/mol. The minimum atomic E-state index is -4.18. The Kier molecular flexibility index (Phi) is 3.82. The van der Waals surface area contributed by atoms with Crippen molar-refractivity contribution in [2.24, 2.45) is 0 Å². The molecule has 0 amide bonds. The first-order valence-electron chi connectivity index (χ1n) is 5.67. The van der Waals surface area contributed by atoms with Gasteiger partial charge in [-0.1, -0.05) is 6.07 Å². The van der Waals surface area contributed by atoms with Crippen LogP contribution in [0.3, 0.4) is 0 Å². The van der Waals surface area contributed by atoms with Gasteiger partial charge in [-0.2, -0.15) is 13.2 Å². The summed E-state index contributed by atoms with van der Waals surface area (Å²) in [7, 11) is -1.62. The van der Waals surface area contributed by atoms with Crippen molar-refractivity contribution in [2.75, 3.05) is 0 Å². The Morgan fingerprint density at radius 1 is 1.26 bits per heavy atom. The Morgan fingerprint density at radius 2 is 2.00 bits per heavy atom. The second-order valence-electron chi connectivity index (χ2n) is 4.18. The molecule has 0 saturated heterocycles. The molecule has 2 N–H and O–H groups in total. The fourth-order valence-corrected chi connectivity index (χ4v) is 1.70. The van der Waals surface area contributed by atoms with E-state index >= 15 is 0 Å². The zero-order valence-corrected chi connectivity index (χ0v) is 9.81. The van der Waals surface area contributed by atoms with E-state index in [4.69, 9.17) is 14.5 Å². The molecule has 1 aromatic carbocycles. The van der Waals surface area contributed by atoms with Gasteiger partial charge in [-0.15, -0.1) is 0 Å². The first-order valence-corrected chi connectivity index (χ1v) is 5.67. The molecular weight excluding hydrogens is 262 g/mol. The average Bonchev–Trinajstić information content (AvgIpc) is 2.68. The van der Waals surface area contributed by atoms with E-state index in [-0.39, 0.29) is 24.2 Å². The predicted octanol–water partition coefficient (Wildman–Crippen LogP) is 1.39. The van der Waals surface area contributed by atoms with Crippen LogP contribution in [0.5, 0.6) is 0 Å². The van der Waals surface area contributed by atoms with Gasteiger partial charge < -0.3 is 14.5 Å². The standard InChI is InChI=1S/C11H11BF3NO3/c13-11(14,15)5-1-2-10-16-8-4-3-7(12(17)18)6-9(8)19-10/h3-4,6,17-18H,1-2,5H2. The number of hydrogen-bond acceptors (Lipinski definition) is 4. The van der Waals surface area contributed by atoms with Gasteiger partial charge in [-0.3, -0.25) is 0 Å². The van der Waals surface area contributed by atoms with Crippen molar-refractivity contribution in [1.82, 2.24) is 4.98 Å². The van der Waals surface area contributed by atoms with Gasteiger partial charge in [-0.25, -0.2) is 4.98 Å². The van der Waals surface area contributed by atoms with Crippen LogP contribution < -0.4 is 5.46 Å². The van der Waals surface area contributed by atoms with E-state index in [2.05, 4.69) is 4.98 Å². The average molecular weight is 273 g/mol. The molecular formula is C11H11BF3NO3. The molecule has 19 heavy (non-hydrogen) atoms. The van der Waals surface area contributed by atoms with Crippen LogP contribution in [-0.2, 0) is 6.42 Å². The van der Waals surface area contributed by atoms with E-state index in [1.807, 2.05) is 0 Å². The van der Waals surface area contributed by atoms with Gasteiger partial charge in [0.15, 0.2) is 11.5 Å². The number of aromatic nitrogens is 1. The molecule has 0 atom stereocenters.